The molecule has 0 amide bonds. The molecule has 0 aromatic heterocycles. The molecule has 1 N–H and O–H groups in total. The second-order valence-electron chi connectivity index (χ2n) is 4.53. The number of halogens is 2. The topological polar surface area (TPSA) is 15.3 Å². The normalized spacial score (nSPS) is 13.1. The van der Waals surface area contributed by atoms with Gasteiger partial charge in [0.25, 0.3) is 0 Å². The van der Waals surface area contributed by atoms with Crippen LogP contribution in [0, 0.1) is 5.82 Å². The van der Waals surface area contributed by atoms with Gasteiger partial charge in [0.1, 0.15) is 5.82 Å². The third kappa shape index (κ3) is 5.15. The zero-order chi connectivity index (χ0) is 12.8. The summed E-state index contributed by atoms with van der Waals surface area (Å²) >= 11 is 3.22. The highest BCUT2D eigenvalue weighted by molar-refractivity contribution is 9.10. The van der Waals surface area contributed by atoms with E-state index in [0.29, 0.717) is 10.5 Å². The highest BCUT2D eigenvalue weighted by Gasteiger charge is 2.09. The third-order valence-corrected chi connectivity index (χ3v) is 3.41. The molecule has 0 spiro atoms. The molecule has 1 aromatic rings. The van der Waals surface area contributed by atoms with Crippen molar-refractivity contribution < 1.29 is 4.39 Å². The van der Waals surface area contributed by atoms with Crippen molar-refractivity contribution >= 4 is 15.9 Å². The van der Waals surface area contributed by atoms with Gasteiger partial charge in [0.2, 0.25) is 0 Å². The number of nitrogens with one attached hydrogen (secondary N) is 1. The summed E-state index contributed by atoms with van der Waals surface area (Å²) in [4.78, 5) is 2.17. The number of likely N-dealkylation sites (N-methyl/N-ethyl adjacent to an activating group) is 1. The van der Waals surface area contributed by atoms with Gasteiger partial charge in [-0.15, -0.1) is 0 Å². The molecule has 1 rings (SSSR count). The maximum atomic E-state index is 13.1. The molecule has 1 unspecified atom stereocenters. The monoisotopic (exact) mass is 302 g/mol. The van der Waals surface area contributed by atoms with Crippen LogP contribution in [0.1, 0.15) is 12.0 Å². The van der Waals surface area contributed by atoms with Crippen LogP contribution in [-0.2, 0) is 6.42 Å². The van der Waals surface area contributed by atoms with Crippen LogP contribution in [-0.4, -0.2) is 38.6 Å². The molecule has 0 fully saturated rings. The van der Waals surface area contributed by atoms with Crippen molar-refractivity contribution in [2.75, 3.05) is 27.7 Å². The quantitative estimate of drug-likeness (QED) is 0.869. The van der Waals surface area contributed by atoms with Crippen LogP contribution < -0.4 is 5.32 Å². The minimum atomic E-state index is -0.206. The molecule has 1 aromatic carbocycles. The minimum absolute atomic E-state index is 0.206. The summed E-state index contributed by atoms with van der Waals surface area (Å²) in [6.45, 7) is 1.05. The van der Waals surface area contributed by atoms with Crippen molar-refractivity contribution in [1.29, 1.82) is 0 Å². The van der Waals surface area contributed by atoms with Crippen molar-refractivity contribution in [3.8, 4) is 0 Å². The summed E-state index contributed by atoms with van der Waals surface area (Å²) in [7, 11) is 6.11. The van der Waals surface area contributed by atoms with Gasteiger partial charge in [-0.3, -0.25) is 0 Å². The molecular weight excluding hydrogens is 283 g/mol. The molecule has 17 heavy (non-hydrogen) atoms. The Bertz CT molecular complexity index is 355. The summed E-state index contributed by atoms with van der Waals surface area (Å²) in [5.41, 5.74) is 1.15. The fraction of sp³-hybridized carbons (Fsp3) is 0.538. The summed E-state index contributed by atoms with van der Waals surface area (Å²) in [6.07, 6.45) is 2.00. The van der Waals surface area contributed by atoms with Gasteiger partial charge in [-0.1, -0.05) is 6.07 Å². The van der Waals surface area contributed by atoms with Crippen LogP contribution in [0.4, 0.5) is 4.39 Å². The Morgan fingerprint density at radius 2 is 2.12 bits per heavy atom. The third-order valence-electron chi connectivity index (χ3n) is 2.80. The van der Waals surface area contributed by atoms with E-state index in [2.05, 4.69) is 40.2 Å². The summed E-state index contributed by atoms with van der Waals surface area (Å²) in [5, 5.41) is 3.30. The molecule has 0 aliphatic heterocycles. The Morgan fingerprint density at radius 3 is 2.65 bits per heavy atom. The number of nitrogens with zero attached hydrogens (tertiary/aromatic N) is 1. The Morgan fingerprint density at radius 1 is 1.41 bits per heavy atom. The van der Waals surface area contributed by atoms with E-state index in [9.17, 15) is 4.39 Å². The van der Waals surface area contributed by atoms with E-state index in [0.717, 1.165) is 24.9 Å². The average Bonchev–Trinajstić information content (AvgIpc) is 2.28. The number of rotatable bonds is 6. The molecule has 2 nitrogen and oxygen atoms in total. The minimum Gasteiger partial charge on any atom is -0.317 e. The fourth-order valence-electron chi connectivity index (χ4n) is 1.71. The van der Waals surface area contributed by atoms with Crippen molar-refractivity contribution in [2.45, 2.75) is 18.9 Å². The summed E-state index contributed by atoms with van der Waals surface area (Å²) in [5.74, 6) is -0.206. The van der Waals surface area contributed by atoms with Gasteiger partial charge in [0.05, 0.1) is 4.47 Å². The first kappa shape index (κ1) is 14.6. The Balaban J connectivity index is 2.57. The Labute approximate surface area is 111 Å². The molecule has 0 radical (unpaired) electrons. The molecule has 0 saturated heterocycles. The Kier molecular flexibility index (Phi) is 6.09. The van der Waals surface area contributed by atoms with Gasteiger partial charge < -0.3 is 10.2 Å². The van der Waals surface area contributed by atoms with Gasteiger partial charge in [-0.25, -0.2) is 4.39 Å². The van der Waals surface area contributed by atoms with Crippen LogP contribution in [0.15, 0.2) is 22.7 Å². The first-order valence-electron chi connectivity index (χ1n) is 5.79. The number of hydrogen-bond donors (Lipinski definition) is 1. The SMILES string of the molecule is CNC(CCN(C)C)Cc1ccc(F)c(Br)c1. The van der Waals surface area contributed by atoms with Crippen LogP contribution in [0.5, 0.6) is 0 Å². The second-order valence-corrected chi connectivity index (χ2v) is 5.38. The van der Waals surface area contributed by atoms with E-state index in [4.69, 9.17) is 0 Å². The van der Waals surface area contributed by atoms with Crippen LogP contribution >= 0.6 is 15.9 Å². The van der Waals surface area contributed by atoms with Gasteiger partial charge in [0, 0.05) is 6.04 Å². The lowest BCUT2D eigenvalue weighted by atomic mass is 10.0. The highest BCUT2D eigenvalue weighted by atomic mass is 79.9. The molecule has 1 atom stereocenters. The van der Waals surface area contributed by atoms with E-state index in [1.807, 2.05) is 19.2 Å². The zero-order valence-corrected chi connectivity index (χ0v) is 12.2. The molecule has 0 bridgehead atoms. The van der Waals surface area contributed by atoms with E-state index in [1.54, 1.807) is 0 Å². The molecular formula is C13H20BrFN2. The molecule has 4 heteroatoms. The number of hydrogen-bond acceptors (Lipinski definition) is 2. The van der Waals surface area contributed by atoms with Crippen LogP contribution in [0.3, 0.4) is 0 Å². The van der Waals surface area contributed by atoms with Crippen molar-refractivity contribution in [1.82, 2.24) is 10.2 Å². The first-order chi connectivity index (χ1) is 8.02. The van der Waals surface area contributed by atoms with Crippen molar-refractivity contribution in [3.05, 3.63) is 34.1 Å². The summed E-state index contributed by atoms with van der Waals surface area (Å²) < 4.78 is 13.6. The second kappa shape index (κ2) is 7.09. The van der Waals surface area contributed by atoms with Gasteiger partial charge in [-0.05, 0) is 74.2 Å². The smallest absolute Gasteiger partial charge is 0.137 e. The lowest BCUT2D eigenvalue weighted by Crippen LogP contribution is -2.31. The predicted molar refractivity (Wildman–Crippen MR) is 73.8 cm³/mol. The zero-order valence-electron chi connectivity index (χ0n) is 10.6. The summed E-state index contributed by atoms with van der Waals surface area (Å²) in [6, 6.07) is 5.64. The maximum absolute atomic E-state index is 13.1. The van der Waals surface area contributed by atoms with Crippen LogP contribution in [0.25, 0.3) is 0 Å². The van der Waals surface area contributed by atoms with E-state index < -0.39 is 0 Å². The van der Waals surface area contributed by atoms with Crippen LogP contribution in [0.2, 0.25) is 0 Å². The molecule has 0 saturated carbocycles. The standard InChI is InChI=1S/C13H20BrFN2/c1-16-11(6-7-17(2)3)8-10-4-5-13(15)12(14)9-10/h4-5,9,11,16H,6-8H2,1-3H3. The maximum Gasteiger partial charge on any atom is 0.137 e. The van der Waals surface area contributed by atoms with Gasteiger partial charge in [-0.2, -0.15) is 0 Å². The first-order valence-corrected chi connectivity index (χ1v) is 6.58. The predicted octanol–water partition coefficient (Wildman–Crippen LogP) is 2.67. The lowest BCUT2D eigenvalue weighted by Gasteiger charge is -2.19. The largest absolute Gasteiger partial charge is 0.317 e. The van der Waals surface area contributed by atoms with E-state index in [-0.39, 0.29) is 5.82 Å². The van der Waals surface area contributed by atoms with Crippen molar-refractivity contribution in [3.63, 3.8) is 0 Å². The molecule has 0 heterocycles. The van der Waals surface area contributed by atoms with Gasteiger partial charge in [0.15, 0.2) is 0 Å². The number of benzene rings is 1. The Hall–Kier alpha value is -0.450. The molecule has 0 aliphatic carbocycles. The molecule has 0 aliphatic rings. The van der Waals surface area contributed by atoms with Crippen molar-refractivity contribution in [2.24, 2.45) is 0 Å². The fourth-order valence-corrected chi connectivity index (χ4v) is 2.14. The molecule has 96 valence electrons. The van der Waals surface area contributed by atoms with E-state index >= 15 is 0 Å². The average molecular weight is 303 g/mol. The van der Waals surface area contributed by atoms with E-state index in [1.165, 1.54) is 6.07 Å². The van der Waals surface area contributed by atoms with Gasteiger partial charge >= 0.3 is 0 Å². The highest BCUT2D eigenvalue weighted by Crippen LogP contribution is 2.18. The lowest BCUT2D eigenvalue weighted by molar-refractivity contribution is 0.364.